The van der Waals surface area contributed by atoms with Crippen molar-refractivity contribution in [3.63, 3.8) is 0 Å². The van der Waals surface area contributed by atoms with Crippen molar-refractivity contribution in [2.75, 3.05) is 0 Å². The van der Waals surface area contributed by atoms with E-state index in [0.717, 1.165) is 36.4 Å². The second-order valence-electron chi connectivity index (χ2n) is 10.9. The Hall–Kier alpha value is -1.09. The van der Waals surface area contributed by atoms with Crippen LogP contribution in [0.2, 0.25) is 0 Å². The quantitative estimate of drug-likeness (QED) is 0.713. The van der Waals surface area contributed by atoms with Crippen molar-refractivity contribution in [1.29, 1.82) is 0 Å². The lowest BCUT2D eigenvalue weighted by molar-refractivity contribution is -0.119. The van der Waals surface area contributed by atoms with Crippen LogP contribution in [0.4, 0.5) is 0 Å². The van der Waals surface area contributed by atoms with E-state index in [-0.39, 0.29) is 11.5 Å². The van der Waals surface area contributed by atoms with Crippen LogP contribution in [-0.4, -0.2) is 21.0 Å². The van der Waals surface area contributed by atoms with Gasteiger partial charge in [0.1, 0.15) is 0 Å². The highest BCUT2D eigenvalue weighted by Gasteiger charge is 2.60. The van der Waals surface area contributed by atoms with Gasteiger partial charge in [0.05, 0.1) is 11.8 Å². The van der Waals surface area contributed by atoms with Gasteiger partial charge in [0.15, 0.2) is 0 Å². The summed E-state index contributed by atoms with van der Waals surface area (Å²) >= 11 is 0. The number of fused-ring (bicyclic) bond motifs is 5. The Morgan fingerprint density at radius 3 is 2.75 bits per heavy atom. The van der Waals surface area contributed by atoms with E-state index in [2.05, 4.69) is 38.0 Å². The third kappa shape index (κ3) is 2.68. The van der Waals surface area contributed by atoms with E-state index in [1.165, 1.54) is 56.9 Å². The monoisotopic (exact) mass is 382 g/mol. The molecule has 4 aliphatic carbocycles. The molecule has 4 fully saturated rings. The summed E-state index contributed by atoms with van der Waals surface area (Å²) < 4.78 is 1.98. The Balaban J connectivity index is 1.44. The summed E-state index contributed by atoms with van der Waals surface area (Å²) in [5, 5.41) is 16.0. The molecule has 0 unspecified atom stereocenters. The smallest absolute Gasteiger partial charge is 0.0851 e. The Labute approximate surface area is 170 Å². The molecule has 1 aromatic rings. The van der Waals surface area contributed by atoms with Crippen LogP contribution >= 0.6 is 0 Å². The predicted molar refractivity (Wildman–Crippen MR) is 114 cm³/mol. The topological polar surface area (TPSA) is 38.0 Å². The molecule has 0 aliphatic heterocycles. The van der Waals surface area contributed by atoms with Crippen LogP contribution in [0.5, 0.6) is 0 Å². The Kier molecular flexibility index (Phi) is 4.54. The summed E-state index contributed by atoms with van der Waals surface area (Å²) in [5.41, 5.74) is 2.89. The van der Waals surface area contributed by atoms with Gasteiger partial charge in [-0.2, -0.15) is 5.10 Å². The summed E-state index contributed by atoms with van der Waals surface area (Å²) in [6.45, 7) is 8.04. The van der Waals surface area contributed by atoms with E-state index < -0.39 is 0 Å². The number of aromatic nitrogens is 2. The van der Waals surface area contributed by atoms with Crippen molar-refractivity contribution >= 4 is 6.08 Å². The maximum absolute atomic E-state index is 11.4. The fraction of sp³-hybridized carbons (Fsp3) is 0.800. The first-order valence-electron chi connectivity index (χ1n) is 11.9. The number of rotatable bonds is 2. The van der Waals surface area contributed by atoms with Gasteiger partial charge in [-0.1, -0.05) is 26.7 Å². The van der Waals surface area contributed by atoms with Gasteiger partial charge in [-0.15, -0.1) is 0 Å². The first kappa shape index (κ1) is 18.9. The van der Waals surface area contributed by atoms with Crippen molar-refractivity contribution < 1.29 is 5.11 Å². The summed E-state index contributed by atoms with van der Waals surface area (Å²) in [5.74, 6) is 3.31. The highest BCUT2D eigenvalue weighted by molar-refractivity contribution is 5.52. The molecule has 0 saturated heterocycles. The molecule has 0 aromatic carbocycles. The van der Waals surface area contributed by atoms with E-state index in [4.69, 9.17) is 0 Å². The molecule has 3 nitrogen and oxygen atoms in total. The van der Waals surface area contributed by atoms with Gasteiger partial charge in [-0.05, 0) is 98.7 Å². The molecule has 0 bridgehead atoms. The molecule has 1 aromatic heterocycles. The fourth-order valence-electron chi connectivity index (χ4n) is 8.11. The lowest BCUT2D eigenvalue weighted by Crippen LogP contribution is -2.53. The molecule has 4 saturated carbocycles. The first-order chi connectivity index (χ1) is 13.5. The minimum absolute atomic E-state index is 0.0676. The number of aryl methyl sites for hydroxylation is 1. The second kappa shape index (κ2) is 6.72. The molecular formula is C25H38N2O. The summed E-state index contributed by atoms with van der Waals surface area (Å²) in [6, 6.07) is 2.09. The van der Waals surface area contributed by atoms with Crippen molar-refractivity contribution in [3.8, 4) is 0 Å². The Morgan fingerprint density at radius 2 is 1.96 bits per heavy atom. The highest BCUT2D eigenvalue weighted by Crippen LogP contribution is 2.66. The molecular weight excluding hydrogens is 344 g/mol. The first-order valence-corrected chi connectivity index (χ1v) is 11.9. The fourth-order valence-corrected chi connectivity index (χ4v) is 8.11. The lowest BCUT2D eigenvalue weighted by atomic mass is 9.45. The highest BCUT2D eigenvalue weighted by atomic mass is 16.3. The van der Waals surface area contributed by atoms with Gasteiger partial charge in [0.25, 0.3) is 0 Å². The normalized spacial score (nSPS) is 46.9. The molecule has 0 spiro atoms. The average Bonchev–Trinajstić information content (AvgIpc) is 3.25. The van der Waals surface area contributed by atoms with Crippen LogP contribution in [0.25, 0.3) is 6.08 Å². The van der Waals surface area contributed by atoms with Gasteiger partial charge in [0, 0.05) is 18.2 Å². The minimum Gasteiger partial charge on any atom is -0.388 e. The Morgan fingerprint density at radius 1 is 1.11 bits per heavy atom. The largest absolute Gasteiger partial charge is 0.388 e. The zero-order chi connectivity index (χ0) is 19.5. The maximum Gasteiger partial charge on any atom is 0.0851 e. The van der Waals surface area contributed by atoms with E-state index in [0.29, 0.717) is 11.3 Å². The minimum atomic E-state index is -0.290. The van der Waals surface area contributed by atoms with Gasteiger partial charge in [-0.3, -0.25) is 4.68 Å². The van der Waals surface area contributed by atoms with E-state index >= 15 is 0 Å². The Bertz CT molecular complexity index is 766. The SMILES string of the molecule is CCn1ccc(/C=C2/C[C@H]3[C@@H]4CC[C@@H]5CCCC[C@]5(C)[C@H]4CC[C@]3(C)[C@H]2O)n1. The van der Waals surface area contributed by atoms with E-state index in [1.54, 1.807) is 0 Å². The summed E-state index contributed by atoms with van der Waals surface area (Å²) in [4.78, 5) is 0. The molecule has 1 N–H and O–H groups in total. The molecule has 3 heteroatoms. The predicted octanol–water partition coefficient (Wildman–Crippen LogP) is 5.69. The maximum atomic E-state index is 11.4. The molecule has 154 valence electrons. The van der Waals surface area contributed by atoms with Crippen molar-refractivity contribution in [3.05, 3.63) is 23.5 Å². The van der Waals surface area contributed by atoms with Crippen LogP contribution < -0.4 is 0 Å². The van der Waals surface area contributed by atoms with Crippen molar-refractivity contribution in [2.45, 2.75) is 91.2 Å². The molecule has 0 radical (unpaired) electrons. The van der Waals surface area contributed by atoms with Crippen LogP contribution in [0.3, 0.4) is 0 Å². The summed E-state index contributed by atoms with van der Waals surface area (Å²) in [6.07, 6.45) is 16.2. The zero-order valence-electron chi connectivity index (χ0n) is 18.0. The van der Waals surface area contributed by atoms with Crippen LogP contribution in [0.1, 0.15) is 84.3 Å². The molecule has 28 heavy (non-hydrogen) atoms. The van der Waals surface area contributed by atoms with Crippen LogP contribution in [0, 0.1) is 34.5 Å². The third-order valence-electron chi connectivity index (χ3n) is 9.77. The second-order valence-corrected chi connectivity index (χ2v) is 10.9. The van der Waals surface area contributed by atoms with Crippen LogP contribution in [0.15, 0.2) is 17.8 Å². The number of nitrogens with zero attached hydrogens (tertiary/aromatic N) is 2. The lowest BCUT2D eigenvalue weighted by Gasteiger charge is -2.60. The summed E-state index contributed by atoms with van der Waals surface area (Å²) in [7, 11) is 0. The van der Waals surface area contributed by atoms with E-state index in [1.807, 2.05) is 10.9 Å². The molecule has 1 heterocycles. The zero-order valence-corrected chi connectivity index (χ0v) is 18.0. The van der Waals surface area contributed by atoms with Gasteiger partial charge in [0.2, 0.25) is 0 Å². The molecule has 0 amide bonds. The van der Waals surface area contributed by atoms with Crippen molar-refractivity contribution in [1.82, 2.24) is 9.78 Å². The number of aliphatic hydroxyl groups is 1. The van der Waals surface area contributed by atoms with Gasteiger partial charge in [-0.25, -0.2) is 0 Å². The number of hydrogen-bond acceptors (Lipinski definition) is 2. The third-order valence-corrected chi connectivity index (χ3v) is 9.77. The molecule has 4 aliphatic rings. The van der Waals surface area contributed by atoms with Crippen LogP contribution in [-0.2, 0) is 6.54 Å². The van der Waals surface area contributed by atoms with Gasteiger partial charge < -0.3 is 5.11 Å². The molecule has 5 rings (SSSR count). The number of aliphatic hydroxyl groups excluding tert-OH is 1. The average molecular weight is 383 g/mol. The van der Waals surface area contributed by atoms with E-state index in [9.17, 15) is 5.11 Å². The molecule has 7 atom stereocenters. The standard InChI is InChI=1S/C25H38N2O/c1-4-27-14-11-19(26-27)15-17-16-22-20-9-8-18-7-5-6-12-24(18,2)21(20)10-13-25(22,3)23(17)28/h11,14-15,18,20-23,28H,4-10,12-13,16H2,1-3H3/b17-15-/t18-,20+,21-,22-,23-,24-,25-/m0/s1. The number of hydrogen-bond donors (Lipinski definition) is 1. The van der Waals surface area contributed by atoms with Gasteiger partial charge >= 0.3 is 0 Å². The van der Waals surface area contributed by atoms with Crippen molar-refractivity contribution in [2.24, 2.45) is 34.5 Å².